The molecule has 6 nitrogen and oxygen atoms in total. The van der Waals surface area contributed by atoms with E-state index in [0.29, 0.717) is 41.7 Å². The van der Waals surface area contributed by atoms with Crippen molar-refractivity contribution in [1.29, 1.82) is 0 Å². The van der Waals surface area contributed by atoms with Gasteiger partial charge in [0.25, 0.3) is 11.7 Å². The molecule has 1 heterocycles. The molecule has 1 fully saturated rings. The molecule has 1 aromatic carbocycles. The molecule has 0 bridgehead atoms. The highest BCUT2D eigenvalue weighted by Crippen LogP contribution is 2.26. The van der Waals surface area contributed by atoms with Crippen LogP contribution in [0.5, 0.6) is 0 Å². The van der Waals surface area contributed by atoms with Gasteiger partial charge in [-0.2, -0.15) is 8.78 Å². The molecule has 0 aromatic heterocycles. The number of anilines is 1. The maximum absolute atomic E-state index is 12.2. The number of alkyl halides is 2. The molecule has 1 aliphatic heterocycles. The predicted molar refractivity (Wildman–Crippen MR) is 88.3 cm³/mol. The van der Waals surface area contributed by atoms with Gasteiger partial charge in [0.2, 0.25) is 5.91 Å². The number of benzene rings is 1. The summed E-state index contributed by atoms with van der Waals surface area (Å²) in [5.41, 5.74) is 0.404. The molecule has 136 valence electrons. The third-order valence-electron chi connectivity index (χ3n) is 3.52. The SMILES string of the molecule is C[C@H](OC(=O)CN1CCCC1=O)C(=O)Nc1ccc(SC(F)F)cc1. The Balaban J connectivity index is 1.81. The number of hydrogen-bond donors (Lipinski definition) is 1. The number of ether oxygens (including phenoxy) is 1. The quantitative estimate of drug-likeness (QED) is 0.588. The lowest BCUT2D eigenvalue weighted by atomic mass is 10.3. The second kappa shape index (κ2) is 8.80. The van der Waals surface area contributed by atoms with Crippen molar-refractivity contribution >= 4 is 35.2 Å². The van der Waals surface area contributed by atoms with E-state index in [1.165, 1.54) is 36.1 Å². The van der Waals surface area contributed by atoms with Crippen LogP contribution >= 0.6 is 11.8 Å². The summed E-state index contributed by atoms with van der Waals surface area (Å²) in [6.45, 7) is 1.76. The summed E-state index contributed by atoms with van der Waals surface area (Å²) in [5.74, 6) is -3.81. The van der Waals surface area contributed by atoms with Crippen LogP contribution in [0.25, 0.3) is 0 Å². The van der Waals surface area contributed by atoms with E-state index in [1.54, 1.807) is 0 Å². The second-order valence-electron chi connectivity index (χ2n) is 5.44. The van der Waals surface area contributed by atoms with Crippen LogP contribution < -0.4 is 5.32 Å². The third-order valence-corrected chi connectivity index (χ3v) is 4.24. The predicted octanol–water partition coefficient (Wildman–Crippen LogP) is 2.49. The van der Waals surface area contributed by atoms with Crippen molar-refractivity contribution in [3.63, 3.8) is 0 Å². The van der Waals surface area contributed by atoms with Gasteiger partial charge in [0.15, 0.2) is 6.10 Å². The monoisotopic (exact) mass is 372 g/mol. The number of esters is 1. The number of amides is 2. The molecular formula is C16H18F2N2O4S. The Morgan fingerprint density at radius 1 is 1.32 bits per heavy atom. The van der Waals surface area contributed by atoms with Gasteiger partial charge in [-0.15, -0.1) is 0 Å². The standard InChI is InChI=1S/C16H18F2N2O4S/c1-10(24-14(22)9-20-8-2-3-13(20)21)15(23)19-11-4-6-12(7-5-11)25-16(17)18/h4-7,10,16H,2-3,8-9H2,1H3,(H,19,23)/t10-/m0/s1. The van der Waals surface area contributed by atoms with Gasteiger partial charge in [0.1, 0.15) is 6.54 Å². The smallest absolute Gasteiger partial charge is 0.326 e. The molecule has 0 spiro atoms. The first kappa shape index (κ1) is 19.2. The summed E-state index contributed by atoms with van der Waals surface area (Å²) in [7, 11) is 0. The summed E-state index contributed by atoms with van der Waals surface area (Å²) in [6.07, 6.45) is 0.0887. The van der Waals surface area contributed by atoms with Crippen LogP contribution in [0.1, 0.15) is 19.8 Å². The van der Waals surface area contributed by atoms with Gasteiger partial charge in [-0.3, -0.25) is 14.4 Å². The molecule has 0 unspecified atom stereocenters. The lowest BCUT2D eigenvalue weighted by Crippen LogP contribution is -2.36. The van der Waals surface area contributed by atoms with Gasteiger partial charge in [-0.05, 0) is 37.6 Å². The van der Waals surface area contributed by atoms with Crippen LogP contribution in [0.3, 0.4) is 0 Å². The highest BCUT2D eigenvalue weighted by Gasteiger charge is 2.25. The number of nitrogens with zero attached hydrogens (tertiary/aromatic N) is 1. The molecule has 0 saturated carbocycles. The largest absolute Gasteiger partial charge is 0.451 e. The Hall–Kier alpha value is -2.16. The second-order valence-corrected chi connectivity index (χ2v) is 6.51. The zero-order valence-electron chi connectivity index (χ0n) is 13.5. The van der Waals surface area contributed by atoms with E-state index >= 15 is 0 Å². The van der Waals surface area contributed by atoms with E-state index in [9.17, 15) is 23.2 Å². The normalized spacial score (nSPS) is 15.4. The number of hydrogen-bond acceptors (Lipinski definition) is 5. The van der Waals surface area contributed by atoms with E-state index in [2.05, 4.69) is 5.32 Å². The summed E-state index contributed by atoms with van der Waals surface area (Å²) in [5, 5.41) is 2.54. The molecule has 2 amide bonds. The molecule has 1 atom stereocenters. The minimum atomic E-state index is -2.51. The number of halogens is 2. The van der Waals surface area contributed by atoms with Crippen molar-refractivity contribution in [3.05, 3.63) is 24.3 Å². The fraction of sp³-hybridized carbons (Fsp3) is 0.438. The number of carbonyl (C=O) groups is 3. The molecule has 9 heteroatoms. The van der Waals surface area contributed by atoms with Crippen molar-refractivity contribution in [2.24, 2.45) is 0 Å². The molecule has 1 aliphatic rings. The van der Waals surface area contributed by atoms with E-state index in [-0.39, 0.29) is 12.5 Å². The van der Waals surface area contributed by atoms with Crippen molar-refractivity contribution in [3.8, 4) is 0 Å². The molecule has 1 saturated heterocycles. The molecular weight excluding hydrogens is 354 g/mol. The maximum Gasteiger partial charge on any atom is 0.326 e. The summed E-state index contributed by atoms with van der Waals surface area (Å²) < 4.78 is 29.5. The highest BCUT2D eigenvalue weighted by atomic mass is 32.2. The van der Waals surface area contributed by atoms with E-state index in [1.807, 2.05) is 0 Å². The van der Waals surface area contributed by atoms with Gasteiger partial charge >= 0.3 is 5.97 Å². The van der Waals surface area contributed by atoms with Crippen molar-refractivity contribution in [1.82, 2.24) is 4.90 Å². The van der Waals surface area contributed by atoms with Crippen LogP contribution in [-0.4, -0.2) is 47.6 Å². The molecule has 0 radical (unpaired) electrons. The van der Waals surface area contributed by atoms with Crippen molar-refractivity contribution < 1.29 is 27.9 Å². The maximum atomic E-state index is 12.2. The lowest BCUT2D eigenvalue weighted by molar-refractivity contribution is -0.155. The number of carbonyl (C=O) groups excluding carboxylic acids is 3. The summed E-state index contributed by atoms with van der Waals surface area (Å²) >= 11 is 0.408. The molecule has 25 heavy (non-hydrogen) atoms. The Kier molecular flexibility index (Phi) is 6.74. The van der Waals surface area contributed by atoms with Crippen LogP contribution in [0, 0.1) is 0 Å². The van der Waals surface area contributed by atoms with Crippen LogP contribution in [0.2, 0.25) is 0 Å². The summed E-state index contributed by atoms with van der Waals surface area (Å²) in [4.78, 5) is 37.0. The Morgan fingerprint density at radius 2 is 2.00 bits per heavy atom. The third kappa shape index (κ3) is 6.00. The molecule has 1 N–H and O–H groups in total. The first-order valence-corrected chi connectivity index (χ1v) is 8.56. The average molecular weight is 372 g/mol. The number of nitrogens with one attached hydrogen (secondary N) is 1. The number of likely N-dealkylation sites (tertiary alicyclic amines) is 1. The minimum Gasteiger partial charge on any atom is -0.451 e. The fourth-order valence-corrected chi connectivity index (χ4v) is 2.78. The van der Waals surface area contributed by atoms with Crippen LogP contribution in [0.4, 0.5) is 14.5 Å². The number of thioether (sulfide) groups is 1. The van der Waals surface area contributed by atoms with Gasteiger partial charge < -0.3 is 15.0 Å². The Morgan fingerprint density at radius 3 is 2.56 bits per heavy atom. The minimum absolute atomic E-state index is 0.101. The van der Waals surface area contributed by atoms with Gasteiger partial charge in [0.05, 0.1) is 0 Å². The van der Waals surface area contributed by atoms with Crippen LogP contribution in [0.15, 0.2) is 29.2 Å². The number of rotatable bonds is 7. The highest BCUT2D eigenvalue weighted by molar-refractivity contribution is 7.99. The Bertz CT molecular complexity index is 640. The van der Waals surface area contributed by atoms with E-state index in [4.69, 9.17) is 4.74 Å². The van der Waals surface area contributed by atoms with E-state index < -0.39 is 23.7 Å². The zero-order chi connectivity index (χ0) is 18.4. The van der Waals surface area contributed by atoms with Gasteiger partial charge in [0, 0.05) is 23.5 Å². The molecule has 0 aliphatic carbocycles. The topological polar surface area (TPSA) is 75.7 Å². The molecule has 1 aromatic rings. The van der Waals surface area contributed by atoms with Crippen molar-refractivity contribution in [2.45, 2.75) is 36.5 Å². The zero-order valence-corrected chi connectivity index (χ0v) is 14.4. The first-order chi connectivity index (χ1) is 11.8. The lowest BCUT2D eigenvalue weighted by Gasteiger charge is -2.17. The fourth-order valence-electron chi connectivity index (χ4n) is 2.28. The average Bonchev–Trinajstić information content (AvgIpc) is 2.93. The Labute approximate surface area is 147 Å². The summed E-state index contributed by atoms with van der Waals surface area (Å²) in [6, 6.07) is 5.89. The first-order valence-electron chi connectivity index (χ1n) is 7.68. The van der Waals surface area contributed by atoms with Gasteiger partial charge in [-0.25, -0.2) is 0 Å². The van der Waals surface area contributed by atoms with Crippen LogP contribution in [-0.2, 0) is 19.1 Å². The van der Waals surface area contributed by atoms with E-state index in [0.717, 1.165) is 0 Å². The van der Waals surface area contributed by atoms with Gasteiger partial charge in [-0.1, -0.05) is 11.8 Å². The molecule has 2 rings (SSSR count). The van der Waals surface area contributed by atoms with Crippen molar-refractivity contribution in [2.75, 3.05) is 18.4 Å².